The first-order valence-corrected chi connectivity index (χ1v) is 11.7. The van der Waals surface area contributed by atoms with Gasteiger partial charge in [-0.05, 0) is 76.1 Å². The highest BCUT2D eigenvalue weighted by molar-refractivity contribution is 5.88. The van der Waals surface area contributed by atoms with E-state index in [4.69, 9.17) is 4.74 Å². The summed E-state index contributed by atoms with van der Waals surface area (Å²) >= 11 is 0. The van der Waals surface area contributed by atoms with Crippen LogP contribution in [0.4, 0.5) is 10.6 Å². The number of nitrogens with one attached hydrogen (secondary N) is 1. The van der Waals surface area contributed by atoms with Crippen molar-refractivity contribution in [3.05, 3.63) is 36.0 Å². The Bertz CT molecular complexity index is 1170. The fourth-order valence-corrected chi connectivity index (χ4v) is 5.28. The largest absolute Gasteiger partial charge is 0.444 e. The molecule has 0 radical (unpaired) electrons. The van der Waals surface area contributed by atoms with E-state index in [1.807, 2.05) is 61.8 Å². The summed E-state index contributed by atoms with van der Waals surface area (Å²) in [6, 6.07) is 8.49. The quantitative estimate of drug-likeness (QED) is 0.639. The van der Waals surface area contributed by atoms with Crippen molar-refractivity contribution in [2.45, 2.75) is 52.2 Å². The number of fused-ring (bicyclic) bond motifs is 2. The summed E-state index contributed by atoms with van der Waals surface area (Å²) in [4.78, 5) is 14.2. The predicted octanol–water partition coefficient (Wildman–Crippen LogP) is 4.40. The zero-order valence-corrected chi connectivity index (χ0v) is 20.0. The lowest BCUT2D eigenvalue weighted by Gasteiger charge is -2.25. The van der Waals surface area contributed by atoms with E-state index in [2.05, 4.69) is 33.6 Å². The summed E-state index contributed by atoms with van der Waals surface area (Å²) in [6.07, 6.45) is 3.91. The number of ether oxygens (including phenoxy) is 1. The number of likely N-dealkylation sites (tertiary alicyclic amines) is 1. The van der Waals surface area contributed by atoms with Gasteiger partial charge in [0.15, 0.2) is 0 Å². The lowest BCUT2D eigenvalue weighted by atomic mass is 10.0. The van der Waals surface area contributed by atoms with Crippen LogP contribution in [0.15, 0.2) is 30.5 Å². The smallest absolute Gasteiger partial charge is 0.410 e. The van der Waals surface area contributed by atoms with Gasteiger partial charge >= 0.3 is 6.09 Å². The Morgan fingerprint density at radius 2 is 1.82 bits per heavy atom. The molecule has 2 aromatic heterocycles. The summed E-state index contributed by atoms with van der Waals surface area (Å²) in [7, 11) is 1.94. The maximum Gasteiger partial charge on any atom is 0.410 e. The van der Waals surface area contributed by atoms with E-state index in [9.17, 15) is 4.79 Å². The molecular formula is C25H32N6O2. The molecule has 1 unspecified atom stereocenters. The number of aryl methyl sites for hydroxylation is 2. The number of benzene rings is 1. The molecule has 2 aliphatic rings. The number of amides is 1. The summed E-state index contributed by atoms with van der Waals surface area (Å²) < 4.78 is 7.38. The first-order chi connectivity index (χ1) is 15.7. The van der Waals surface area contributed by atoms with Crippen molar-refractivity contribution in [3.63, 3.8) is 0 Å². The Morgan fingerprint density at radius 1 is 1.09 bits per heavy atom. The second-order valence-electron chi connectivity index (χ2n) is 10.5. The van der Waals surface area contributed by atoms with Crippen LogP contribution in [-0.2, 0) is 11.8 Å². The fourth-order valence-electron chi connectivity index (χ4n) is 5.28. The van der Waals surface area contributed by atoms with Crippen LogP contribution in [0.1, 0.15) is 39.2 Å². The van der Waals surface area contributed by atoms with Crippen molar-refractivity contribution >= 4 is 22.8 Å². The summed E-state index contributed by atoms with van der Waals surface area (Å²) in [5, 5.41) is 18.1. The number of carbonyl (C=O) groups is 1. The summed E-state index contributed by atoms with van der Waals surface area (Å²) in [6.45, 7) is 9.38. The Balaban J connectivity index is 1.20. The van der Waals surface area contributed by atoms with Crippen molar-refractivity contribution < 1.29 is 9.53 Å². The normalized spacial score (nSPS) is 22.6. The van der Waals surface area contributed by atoms with Crippen LogP contribution in [0.2, 0.25) is 0 Å². The van der Waals surface area contributed by atoms with Crippen LogP contribution in [0.25, 0.3) is 22.2 Å². The van der Waals surface area contributed by atoms with Crippen LogP contribution in [-0.4, -0.2) is 55.7 Å². The molecule has 5 rings (SSSR count). The van der Waals surface area contributed by atoms with Crippen LogP contribution in [0.5, 0.6) is 0 Å². The zero-order chi connectivity index (χ0) is 23.3. The molecule has 8 heteroatoms. The lowest BCUT2D eigenvalue weighted by molar-refractivity contribution is 0.0280. The molecule has 1 amide bonds. The number of carbonyl (C=O) groups excluding carboxylic acids is 1. The SMILES string of the molecule is Cc1c(-c2ccc(N[C@@H]3CC4CN(C(=O)OC(C)(C)C)C[C@H]4C3)nn2)ccc2nn(C)cc12. The average molecular weight is 449 g/mol. The second kappa shape index (κ2) is 8.01. The first-order valence-electron chi connectivity index (χ1n) is 11.7. The molecule has 1 N–H and O–H groups in total. The van der Waals surface area contributed by atoms with Gasteiger partial charge in [0.25, 0.3) is 0 Å². The molecule has 1 aromatic carbocycles. The minimum absolute atomic E-state index is 0.192. The van der Waals surface area contributed by atoms with Gasteiger partial charge in [-0.3, -0.25) is 4.68 Å². The molecule has 1 saturated carbocycles. The third kappa shape index (κ3) is 4.38. The van der Waals surface area contributed by atoms with Crippen LogP contribution in [0, 0.1) is 18.8 Å². The monoisotopic (exact) mass is 448 g/mol. The summed E-state index contributed by atoms with van der Waals surface area (Å²) in [5.41, 5.74) is 3.63. The second-order valence-corrected chi connectivity index (χ2v) is 10.5. The molecule has 1 aliphatic carbocycles. The van der Waals surface area contributed by atoms with Gasteiger partial charge in [-0.25, -0.2) is 4.79 Å². The van der Waals surface area contributed by atoms with Crippen molar-refractivity contribution in [1.82, 2.24) is 24.9 Å². The molecule has 0 bridgehead atoms. The van der Waals surface area contributed by atoms with Gasteiger partial charge in [0, 0.05) is 43.3 Å². The molecule has 0 spiro atoms. The predicted molar refractivity (Wildman–Crippen MR) is 128 cm³/mol. The van der Waals surface area contributed by atoms with Gasteiger partial charge in [0.05, 0.1) is 11.2 Å². The van der Waals surface area contributed by atoms with Crippen molar-refractivity contribution in [3.8, 4) is 11.3 Å². The summed E-state index contributed by atoms with van der Waals surface area (Å²) in [5.74, 6) is 1.82. The maximum absolute atomic E-state index is 12.4. The minimum atomic E-state index is -0.452. The molecule has 174 valence electrons. The molecular weight excluding hydrogens is 416 g/mol. The molecule has 2 fully saturated rings. The molecule has 3 aromatic rings. The van der Waals surface area contributed by atoms with Gasteiger partial charge in [0.1, 0.15) is 11.4 Å². The third-order valence-electron chi connectivity index (χ3n) is 6.77. The van der Waals surface area contributed by atoms with E-state index in [0.29, 0.717) is 17.9 Å². The van der Waals surface area contributed by atoms with E-state index in [1.54, 1.807) is 0 Å². The van der Waals surface area contributed by atoms with Crippen molar-refractivity contribution in [1.29, 1.82) is 0 Å². The first kappa shape index (κ1) is 21.7. The third-order valence-corrected chi connectivity index (χ3v) is 6.77. The number of anilines is 1. The van der Waals surface area contributed by atoms with Gasteiger partial charge < -0.3 is 15.0 Å². The molecule has 8 nitrogen and oxygen atoms in total. The molecule has 3 atom stereocenters. The average Bonchev–Trinajstić information content (AvgIpc) is 3.40. The van der Waals surface area contributed by atoms with E-state index < -0.39 is 5.60 Å². The maximum atomic E-state index is 12.4. The highest BCUT2D eigenvalue weighted by Gasteiger charge is 2.43. The number of hydrogen-bond donors (Lipinski definition) is 1. The topological polar surface area (TPSA) is 85.2 Å². The van der Waals surface area contributed by atoms with E-state index in [0.717, 1.165) is 59.5 Å². The van der Waals surface area contributed by atoms with Gasteiger partial charge in [-0.1, -0.05) is 6.07 Å². The Hall–Kier alpha value is -3.16. The van der Waals surface area contributed by atoms with E-state index in [1.165, 1.54) is 0 Å². The number of hydrogen-bond acceptors (Lipinski definition) is 6. The van der Waals surface area contributed by atoms with E-state index in [-0.39, 0.29) is 6.09 Å². The fraction of sp³-hybridized carbons (Fsp3) is 0.520. The molecule has 33 heavy (non-hydrogen) atoms. The number of aromatic nitrogens is 4. The van der Waals surface area contributed by atoms with Crippen LogP contribution < -0.4 is 5.32 Å². The number of nitrogens with zero attached hydrogens (tertiary/aromatic N) is 5. The van der Waals surface area contributed by atoms with Crippen LogP contribution >= 0.6 is 0 Å². The van der Waals surface area contributed by atoms with Crippen molar-refractivity contribution in [2.24, 2.45) is 18.9 Å². The highest BCUT2D eigenvalue weighted by atomic mass is 16.6. The van der Waals surface area contributed by atoms with E-state index >= 15 is 0 Å². The zero-order valence-electron chi connectivity index (χ0n) is 20.0. The van der Waals surface area contributed by atoms with Gasteiger partial charge in [0.2, 0.25) is 0 Å². The Labute approximate surface area is 194 Å². The van der Waals surface area contributed by atoms with Gasteiger partial charge in [-0.2, -0.15) is 5.10 Å². The highest BCUT2D eigenvalue weighted by Crippen LogP contribution is 2.39. The molecule has 3 heterocycles. The Kier molecular flexibility index (Phi) is 5.26. The molecule has 1 saturated heterocycles. The van der Waals surface area contributed by atoms with Gasteiger partial charge in [-0.15, -0.1) is 10.2 Å². The molecule has 1 aliphatic heterocycles. The lowest BCUT2D eigenvalue weighted by Crippen LogP contribution is -2.36. The van der Waals surface area contributed by atoms with Crippen molar-refractivity contribution in [2.75, 3.05) is 18.4 Å². The standard InChI is InChI=1S/C25H32N6O2/c1-15-19(6-7-22-20(15)14-30(5)29-22)21-8-9-23(28-27-21)26-18-10-16-12-31(13-17(16)11-18)24(32)33-25(2,3)4/h6-9,14,16-18H,10-13H2,1-5H3,(H,26,28)/t16-,17?,18+/m1/s1. The van der Waals surface area contributed by atoms with Crippen LogP contribution in [0.3, 0.4) is 0 Å². The number of rotatable bonds is 3. The minimum Gasteiger partial charge on any atom is -0.444 e. The Morgan fingerprint density at radius 3 is 2.45 bits per heavy atom.